The number of aromatic nitrogens is 2. The summed E-state index contributed by atoms with van der Waals surface area (Å²) < 4.78 is 58.6. The Morgan fingerprint density at radius 2 is 1.82 bits per heavy atom. The van der Waals surface area contributed by atoms with Crippen molar-refractivity contribution in [2.24, 2.45) is 17.8 Å². The molecule has 16 nitrogen and oxygen atoms in total. The zero-order valence-electron chi connectivity index (χ0n) is 35.3. The Morgan fingerprint density at radius 1 is 1.08 bits per heavy atom. The number of alkyl carbamates (subject to hydrolysis) is 1. The number of hydrogen-bond acceptors (Lipinski definition) is 12. The molecule has 2 saturated carbocycles. The quantitative estimate of drug-likeness (QED) is 0.303. The first-order valence-corrected chi connectivity index (χ1v) is 22.5. The van der Waals surface area contributed by atoms with Gasteiger partial charge in [0.15, 0.2) is 0 Å². The van der Waals surface area contributed by atoms with E-state index in [1.54, 1.807) is 46.1 Å². The lowest BCUT2D eigenvalue weighted by molar-refractivity contribution is -0.142. The van der Waals surface area contributed by atoms with E-state index in [0.717, 1.165) is 32.4 Å². The number of nitrogens with one attached hydrogen (secondary N) is 3. The van der Waals surface area contributed by atoms with Crippen LogP contribution in [0.2, 0.25) is 0 Å². The van der Waals surface area contributed by atoms with Crippen molar-refractivity contribution in [2.75, 3.05) is 38.3 Å². The van der Waals surface area contributed by atoms with Crippen LogP contribution in [0, 0.1) is 17.8 Å². The number of nitrogens with zero attached hydrogens (tertiary/aromatic N) is 4. The lowest BCUT2D eigenvalue weighted by Crippen LogP contribution is -2.59. The minimum Gasteiger partial charge on any atom is -0.497 e. The molecular formula is C42H58FN7O9S. The zero-order chi connectivity index (χ0) is 43.2. The van der Waals surface area contributed by atoms with Crippen LogP contribution in [0.15, 0.2) is 30.4 Å². The molecule has 5 aliphatic rings. The smallest absolute Gasteiger partial charge is 0.408 e. The Labute approximate surface area is 350 Å². The number of halogens is 1. The number of amides is 4. The van der Waals surface area contributed by atoms with Crippen molar-refractivity contribution in [3.63, 3.8) is 0 Å². The van der Waals surface area contributed by atoms with E-state index in [9.17, 15) is 32.0 Å². The highest BCUT2D eigenvalue weighted by Crippen LogP contribution is 2.48. The Balaban J connectivity index is 1.24. The van der Waals surface area contributed by atoms with Crippen LogP contribution < -0.4 is 29.7 Å². The molecule has 328 valence electrons. The summed E-state index contributed by atoms with van der Waals surface area (Å²) in [6.07, 6.45) is 6.27. The van der Waals surface area contributed by atoms with E-state index in [2.05, 4.69) is 27.2 Å². The van der Waals surface area contributed by atoms with Crippen molar-refractivity contribution < 1.29 is 46.2 Å². The van der Waals surface area contributed by atoms with Crippen molar-refractivity contribution >= 4 is 50.7 Å². The molecule has 7 atom stereocenters. The second-order valence-corrected chi connectivity index (χ2v) is 20.4. The normalized spacial score (nSPS) is 29.9. The Morgan fingerprint density at radius 3 is 2.48 bits per heavy atom. The molecule has 4 heterocycles. The van der Waals surface area contributed by atoms with E-state index in [0.29, 0.717) is 35.4 Å². The first-order valence-electron chi connectivity index (χ1n) is 21.1. The van der Waals surface area contributed by atoms with Gasteiger partial charge in [0.1, 0.15) is 46.5 Å². The van der Waals surface area contributed by atoms with Gasteiger partial charge in [0.2, 0.25) is 33.7 Å². The molecule has 4 fully saturated rings. The first kappa shape index (κ1) is 43.4. The maximum atomic E-state index is 14.9. The summed E-state index contributed by atoms with van der Waals surface area (Å²) in [7, 11) is -2.83. The van der Waals surface area contributed by atoms with Gasteiger partial charge in [-0.15, -0.1) is 0 Å². The number of hydrogen-bond donors (Lipinski definition) is 3. The molecule has 0 bridgehead atoms. The van der Waals surface area contributed by atoms with Crippen LogP contribution in [0.1, 0.15) is 92.4 Å². The van der Waals surface area contributed by atoms with Crippen molar-refractivity contribution in [2.45, 2.75) is 126 Å². The fraction of sp³-hybridized carbons (Fsp3) is 0.667. The Kier molecular flexibility index (Phi) is 12.0. The summed E-state index contributed by atoms with van der Waals surface area (Å²) in [6, 6.07) is 3.04. The number of fused-ring (bicyclic) bond motifs is 3. The molecule has 60 heavy (non-hydrogen) atoms. The standard InChI is InChI=1S/C42H58FN7O9S/c1-25-11-7-8-12-27-22-42(27,37(53)48-60(55,56)41(24-43)15-16-41)47-34(51)32-21-29(23-50(32)36(52)33(26(2)19-25)45-39(54)59-40(3,4)5)58-35-30-14-13-28(57-6)20-31(30)44-38(46-35)49-17-9-10-18-49/h8,12-14,20,25-27,29,32-33H,7,9-11,15-19,21-24H2,1-6H3,(H,45,54)(H,47,51)(H,48,53)/b12-8-/t25-,26+,27+,29+,32-,33-,42+/m0/s1. The summed E-state index contributed by atoms with van der Waals surface area (Å²) in [5, 5.41) is 6.26. The minimum absolute atomic E-state index is 0.0241. The second kappa shape index (κ2) is 16.6. The predicted octanol–water partition coefficient (Wildman–Crippen LogP) is 4.32. The van der Waals surface area contributed by atoms with E-state index in [4.69, 9.17) is 24.2 Å². The van der Waals surface area contributed by atoms with Gasteiger partial charge in [-0.2, -0.15) is 4.98 Å². The molecule has 1 aromatic heterocycles. The molecule has 1 aromatic carbocycles. The van der Waals surface area contributed by atoms with Gasteiger partial charge in [0.05, 0.1) is 24.6 Å². The zero-order valence-corrected chi connectivity index (χ0v) is 36.1. The molecule has 3 N–H and O–H groups in total. The molecule has 2 aromatic rings. The van der Waals surface area contributed by atoms with Crippen molar-refractivity contribution in [3.05, 3.63) is 30.4 Å². The summed E-state index contributed by atoms with van der Waals surface area (Å²) in [5.74, 6) is -1.70. The summed E-state index contributed by atoms with van der Waals surface area (Å²) in [6.45, 7) is 9.42. The maximum Gasteiger partial charge on any atom is 0.408 e. The SMILES string of the molecule is COc1ccc2c(O[C@@H]3C[C@H]4C(=O)N[C@]5(C(=O)NS(=O)(=O)C6(CF)CC6)C[C@H]5/C=C\CC[C@H](C)C[C@@H](C)[C@H](NC(=O)OC(C)(C)C)C(=O)N4C3)nc(N3CCCC3)nc2c1. The molecule has 4 amide bonds. The van der Waals surface area contributed by atoms with Crippen LogP contribution in [-0.2, 0) is 29.1 Å². The number of rotatable bonds is 9. The highest BCUT2D eigenvalue weighted by Gasteiger charge is 2.64. The van der Waals surface area contributed by atoms with E-state index in [1.807, 2.05) is 19.1 Å². The average Bonchev–Trinajstić information content (AvgIpc) is 4.00. The molecule has 0 unspecified atom stereocenters. The molecule has 2 saturated heterocycles. The summed E-state index contributed by atoms with van der Waals surface area (Å²) >= 11 is 0. The second-order valence-electron chi connectivity index (χ2n) is 18.4. The van der Waals surface area contributed by atoms with Crippen molar-refractivity contribution in [3.8, 4) is 11.6 Å². The fourth-order valence-corrected chi connectivity index (χ4v) is 10.1. The Bertz CT molecular complexity index is 2140. The largest absolute Gasteiger partial charge is 0.497 e. The van der Waals surface area contributed by atoms with Crippen LogP contribution >= 0.6 is 0 Å². The average molecular weight is 856 g/mol. The first-order chi connectivity index (χ1) is 28.4. The number of carbonyl (C=O) groups is 4. The highest BCUT2D eigenvalue weighted by molar-refractivity contribution is 7.91. The van der Waals surface area contributed by atoms with E-state index < -0.39 is 80.5 Å². The molecular weight excluding hydrogens is 798 g/mol. The molecule has 3 aliphatic heterocycles. The minimum atomic E-state index is -4.40. The monoisotopic (exact) mass is 855 g/mol. The van der Waals surface area contributed by atoms with Gasteiger partial charge in [0, 0.05) is 31.5 Å². The van der Waals surface area contributed by atoms with E-state index >= 15 is 0 Å². The van der Waals surface area contributed by atoms with Crippen LogP contribution in [0.4, 0.5) is 15.1 Å². The number of carbonyl (C=O) groups excluding carboxylic acids is 4. The molecule has 0 radical (unpaired) electrons. The molecule has 0 spiro atoms. The van der Waals surface area contributed by atoms with Crippen LogP contribution in [0.5, 0.6) is 11.6 Å². The third-order valence-corrected chi connectivity index (χ3v) is 14.6. The number of ether oxygens (including phenoxy) is 3. The Hall–Kier alpha value is -4.74. The predicted molar refractivity (Wildman–Crippen MR) is 221 cm³/mol. The van der Waals surface area contributed by atoms with Gasteiger partial charge in [-0.3, -0.25) is 19.1 Å². The number of sulfonamides is 1. The van der Waals surface area contributed by atoms with Gasteiger partial charge < -0.3 is 34.6 Å². The topological polar surface area (TPSA) is 198 Å². The number of methoxy groups -OCH3 is 1. The van der Waals surface area contributed by atoms with E-state index in [-0.39, 0.29) is 49.9 Å². The number of allylic oxidation sites excluding steroid dienone is 1. The van der Waals surface area contributed by atoms with Gasteiger partial charge >= 0.3 is 6.09 Å². The number of anilines is 1. The highest BCUT2D eigenvalue weighted by atomic mass is 32.2. The van der Waals surface area contributed by atoms with Gasteiger partial charge in [-0.1, -0.05) is 26.0 Å². The molecule has 18 heteroatoms. The van der Waals surface area contributed by atoms with Crippen molar-refractivity contribution in [1.29, 1.82) is 0 Å². The number of alkyl halides is 1. The fourth-order valence-electron chi connectivity index (χ4n) is 8.69. The summed E-state index contributed by atoms with van der Waals surface area (Å²) in [5.41, 5.74) is -1.93. The van der Waals surface area contributed by atoms with E-state index in [1.165, 1.54) is 4.90 Å². The van der Waals surface area contributed by atoms with Crippen LogP contribution in [0.25, 0.3) is 10.9 Å². The lowest BCUT2D eigenvalue weighted by atomic mass is 9.88. The van der Waals surface area contributed by atoms with Gasteiger partial charge in [-0.25, -0.2) is 22.6 Å². The van der Waals surface area contributed by atoms with Crippen LogP contribution in [-0.4, -0.2) is 115 Å². The van der Waals surface area contributed by atoms with Crippen molar-refractivity contribution in [1.82, 2.24) is 30.2 Å². The molecule has 2 aliphatic carbocycles. The summed E-state index contributed by atoms with van der Waals surface area (Å²) in [4.78, 5) is 70.0. The molecule has 7 rings (SSSR count). The van der Waals surface area contributed by atoms with Crippen LogP contribution in [0.3, 0.4) is 0 Å². The van der Waals surface area contributed by atoms with Gasteiger partial charge in [-0.05, 0) is 96.1 Å². The third-order valence-electron chi connectivity index (χ3n) is 12.5. The maximum absolute atomic E-state index is 14.9. The van der Waals surface area contributed by atoms with Gasteiger partial charge in [0.25, 0.3) is 5.91 Å². The lowest BCUT2D eigenvalue weighted by Gasteiger charge is -2.33. The third kappa shape index (κ3) is 8.98. The number of benzene rings is 1.